The van der Waals surface area contributed by atoms with Gasteiger partial charge in [-0.25, -0.2) is 14.4 Å². The Balaban J connectivity index is 1.34. The first-order chi connectivity index (χ1) is 19.2. The molecule has 0 aromatic heterocycles. The number of likely N-dealkylation sites (tertiary alicyclic amines) is 1. The number of nitrogens with one attached hydrogen (secondary N) is 3. The van der Waals surface area contributed by atoms with Gasteiger partial charge in [-0.15, -0.1) is 0 Å². The van der Waals surface area contributed by atoms with Crippen LogP contribution in [-0.4, -0.2) is 58.8 Å². The average molecular weight is 547 g/mol. The number of urea groups is 1. The maximum absolute atomic E-state index is 12.7. The van der Waals surface area contributed by atoms with Crippen LogP contribution in [0.15, 0.2) is 77.1 Å². The van der Waals surface area contributed by atoms with Crippen molar-refractivity contribution in [1.29, 1.82) is 0 Å². The lowest BCUT2D eigenvalue weighted by molar-refractivity contribution is -0.133. The highest BCUT2D eigenvalue weighted by Crippen LogP contribution is 2.39. The monoisotopic (exact) mass is 546 g/mol. The SMILES string of the molecule is CC1=C(C(=O)O)C(c2cccc(NC(=O)NCCCN3CCCCC3Cc3ccccc3)c2)C(C(=O)O)=C(C)N1. The van der Waals surface area contributed by atoms with E-state index in [-0.39, 0.29) is 17.2 Å². The highest BCUT2D eigenvalue weighted by atomic mass is 16.4. The summed E-state index contributed by atoms with van der Waals surface area (Å²) in [6, 6.07) is 17.4. The summed E-state index contributed by atoms with van der Waals surface area (Å²) in [6.45, 7) is 5.73. The van der Waals surface area contributed by atoms with E-state index in [0.29, 0.717) is 35.2 Å². The standard InChI is InChI=1S/C31H38N4O5/c1-20-26(29(36)37)28(27(30(38)39)21(2)33-20)23-12-8-13-24(19-23)34-31(40)32-15-9-17-35-16-7-6-14-25(35)18-22-10-4-3-5-11-22/h3-5,8,10-13,19,25,28,33H,6-7,9,14-18H2,1-2H3,(H,36,37)(H,38,39)(H2,32,34,40). The van der Waals surface area contributed by atoms with Crippen LogP contribution in [0.5, 0.6) is 0 Å². The van der Waals surface area contributed by atoms with Crippen molar-refractivity contribution in [2.24, 2.45) is 0 Å². The van der Waals surface area contributed by atoms with Crippen molar-refractivity contribution in [1.82, 2.24) is 15.5 Å². The zero-order valence-electron chi connectivity index (χ0n) is 23.1. The third kappa shape index (κ3) is 7.09. The molecule has 0 spiro atoms. The Kier molecular flexibility index (Phi) is 9.60. The molecule has 1 unspecified atom stereocenters. The first-order valence-electron chi connectivity index (χ1n) is 13.8. The molecule has 2 amide bonds. The molecule has 1 atom stereocenters. The molecule has 2 aromatic carbocycles. The maximum Gasteiger partial charge on any atom is 0.334 e. The molecule has 2 heterocycles. The predicted molar refractivity (Wildman–Crippen MR) is 154 cm³/mol. The van der Waals surface area contributed by atoms with Gasteiger partial charge >= 0.3 is 18.0 Å². The first-order valence-corrected chi connectivity index (χ1v) is 13.8. The fourth-order valence-electron chi connectivity index (χ4n) is 5.82. The van der Waals surface area contributed by atoms with E-state index in [2.05, 4.69) is 45.1 Å². The molecule has 0 saturated carbocycles. The van der Waals surface area contributed by atoms with E-state index >= 15 is 0 Å². The largest absolute Gasteiger partial charge is 0.478 e. The summed E-state index contributed by atoms with van der Waals surface area (Å²) in [7, 11) is 0. The highest BCUT2D eigenvalue weighted by Gasteiger charge is 2.36. The summed E-state index contributed by atoms with van der Waals surface area (Å²) in [5.41, 5.74) is 2.98. The molecule has 1 fully saturated rings. The zero-order valence-corrected chi connectivity index (χ0v) is 23.1. The summed E-state index contributed by atoms with van der Waals surface area (Å²) in [5, 5.41) is 28.3. The Bertz CT molecular complexity index is 1270. The minimum Gasteiger partial charge on any atom is -0.478 e. The van der Waals surface area contributed by atoms with Gasteiger partial charge in [0.1, 0.15) is 0 Å². The number of allylic oxidation sites excluding steroid dienone is 2. The van der Waals surface area contributed by atoms with Gasteiger partial charge in [0, 0.05) is 36.2 Å². The van der Waals surface area contributed by atoms with Crippen molar-refractivity contribution in [3.63, 3.8) is 0 Å². The van der Waals surface area contributed by atoms with E-state index < -0.39 is 17.9 Å². The number of hydrogen-bond acceptors (Lipinski definition) is 5. The van der Waals surface area contributed by atoms with Crippen LogP contribution in [0.4, 0.5) is 10.5 Å². The fraction of sp³-hybridized carbons (Fsp3) is 0.387. The lowest BCUT2D eigenvalue weighted by Gasteiger charge is -2.36. The number of carboxylic acid groups (broad SMARTS) is 2. The van der Waals surface area contributed by atoms with Crippen LogP contribution in [-0.2, 0) is 16.0 Å². The quantitative estimate of drug-likeness (QED) is 0.273. The van der Waals surface area contributed by atoms with Gasteiger partial charge in [-0.3, -0.25) is 4.90 Å². The molecular weight excluding hydrogens is 508 g/mol. The average Bonchev–Trinajstić information content (AvgIpc) is 2.91. The molecular formula is C31H38N4O5. The number of amides is 2. The molecule has 1 saturated heterocycles. The molecule has 9 nitrogen and oxygen atoms in total. The summed E-state index contributed by atoms with van der Waals surface area (Å²) in [5.74, 6) is -3.37. The Morgan fingerprint density at radius 2 is 1.65 bits per heavy atom. The van der Waals surface area contributed by atoms with Gasteiger partial charge in [0.25, 0.3) is 0 Å². The molecule has 40 heavy (non-hydrogen) atoms. The Labute approximate surface area is 235 Å². The summed E-state index contributed by atoms with van der Waals surface area (Å²) in [6.07, 6.45) is 5.50. The van der Waals surface area contributed by atoms with E-state index in [0.717, 1.165) is 25.9 Å². The van der Waals surface area contributed by atoms with Gasteiger partial charge in [-0.2, -0.15) is 0 Å². The van der Waals surface area contributed by atoms with Gasteiger partial charge in [0.05, 0.1) is 17.1 Å². The third-order valence-electron chi connectivity index (χ3n) is 7.67. The number of carbonyl (C=O) groups excluding carboxylic acids is 1. The van der Waals surface area contributed by atoms with Crippen molar-refractivity contribution in [3.8, 4) is 0 Å². The van der Waals surface area contributed by atoms with Crippen molar-refractivity contribution >= 4 is 23.7 Å². The summed E-state index contributed by atoms with van der Waals surface area (Å²) in [4.78, 5) is 39.3. The van der Waals surface area contributed by atoms with Crippen LogP contribution in [0.1, 0.15) is 56.6 Å². The van der Waals surface area contributed by atoms with E-state index in [9.17, 15) is 24.6 Å². The number of piperidine rings is 1. The molecule has 212 valence electrons. The van der Waals surface area contributed by atoms with Gasteiger partial charge in [-0.05, 0) is 69.3 Å². The van der Waals surface area contributed by atoms with Gasteiger partial charge in [-0.1, -0.05) is 48.9 Å². The second-order valence-corrected chi connectivity index (χ2v) is 10.5. The van der Waals surface area contributed by atoms with E-state index in [1.165, 1.54) is 24.8 Å². The molecule has 4 rings (SSSR count). The highest BCUT2D eigenvalue weighted by molar-refractivity contribution is 5.98. The van der Waals surface area contributed by atoms with Crippen LogP contribution in [0.25, 0.3) is 0 Å². The molecule has 0 bridgehead atoms. The zero-order chi connectivity index (χ0) is 28.6. The Morgan fingerprint density at radius 1 is 0.950 bits per heavy atom. The number of carboxylic acids is 2. The number of benzene rings is 2. The summed E-state index contributed by atoms with van der Waals surface area (Å²) >= 11 is 0. The number of hydrogen-bond donors (Lipinski definition) is 5. The lowest BCUT2D eigenvalue weighted by Crippen LogP contribution is -2.42. The minimum absolute atomic E-state index is 0.0344. The van der Waals surface area contributed by atoms with Crippen molar-refractivity contribution in [2.45, 2.75) is 57.9 Å². The lowest BCUT2D eigenvalue weighted by atomic mass is 9.80. The molecule has 2 aliphatic heterocycles. The van der Waals surface area contributed by atoms with Crippen LogP contribution in [0, 0.1) is 0 Å². The molecule has 9 heteroatoms. The van der Waals surface area contributed by atoms with E-state index in [1.54, 1.807) is 38.1 Å². The molecule has 0 aliphatic carbocycles. The first kappa shape index (κ1) is 28.9. The van der Waals surface area contributed by atoms with Crippen molar-refractivity contribution < 1.29 is 24.6 Å². The van der Waals surface area contributed by atoms with Gasteiger partial charge in [0.2, 0.25) is 0 Å². The van der Waals surface area contributed by atoms with E-state index in [1.807, 2.05) is 6.07 Å². The number of dihydropyridines is 1. The number of nitrogens with zero attached hydrogens (tertiary/aromatic N) is 1. The van der Waals surface area contributed by atoms with Crippen LogP contribution in [0.3, 0.4) is 0 Å². The second kappa shape index (κ2) is 13.3. The van der Waals surface area contributed by atoms with Crippen molar-refractivity contribution in [3.05, 3.63) is 88.3 Å². The van der Waals surface area contributed by atoms with Crippen LogP contribution < -0.4 is 16.0 Å². The Hall–Kier alpha value is -4.11. The van der Waals surface area contributed by atoms with Crippen molar-refractivity contribution in [2.75, 3.05) is 25.0 Å². The molecule has 2 aromatic rings. The van der Waals surface area contributed by atoms with E-state index in [4.69, 9.17) is 0 Å². The number of rotatable bonds is 10. The number of carbonyl (C=O) groups is 3. The second-order valence-electron chi connectivity index (χ2n) is 10.5. The molecule has 2 aliphatic rings. The summed E-state index contributed by atoms with van der Waals surface area (Å²) < 4.78 is 0. The van der Waals surface area contributed by atoms with Gasteiger partial charge < -0.3 is 26.2 Å². The van der Waals surface area contributed by atoms with Gasteiger partial charge in [0.15, 0.2) is 0 Å². The number of anilines is 1. The fourth-order valence-corrected chi connectivity index (χ4v) is 5.82. The van der Waals surface area contributed by atoms with Crippen LogP contribution in [0.2, 0.25) is 0 Å². The third-order valence-corrected chi connectivity index (χ3v) is 7.67. The normalized spacial score (nSPS) is 18.3. The molecule has 5 N–H and O–H groups in total. The smallest absolute Gasteiger partial charge is 0.334 e. The minimum atomic E-state index is -1.20. The topological polar surface area (TPSA) is 131 Å². The Morgan fingerprint density at radius 3 is 2.33 bits per heavy atom. The van der Waals surface area contributed by atoms with Crippen LogP contribution >= 0.6 is 0 Å². The molecule has 0 radical (unpaired) electrons. The predicted octanol–water partition coefficient (Wildman–Crippen LogP) is 4.70. The maximum atomic E-state index is 12.7. The number of aliphatic carboxylic acids is 2.